The van der Waals surface area contributed by atoms with Gasteiger partial charge in [-0.1, -0.05) is 18.5 Å². The molecule has 1 aromatic carbocycles. The summed E-state index contributed by atoms with van der Waals surface area (Å²) in [5.74, 6) is -2.23. The standard InChI is InChI=1S/C14H17ClN2O5/c1-8(12(18)19)7-17(2)14(21)16-9-4-5-10(11(15)6-9)13(20)22-3/h4-6,8H,7H2,1-3H3,(H,16,21)(H,18,19). The van der Waals surface area contributed by atoms with E-state index in [1.807, 2.05) is 0 Å². The first kappa shape index (κ1) is 17.8. The van der Waals surface area contributed by atoms with E-state index >= 15 is 0 Å². The lowest BCUT2D eigenvalue weighted by molar-refractivity contribution is -0.141. The number of aliphatic carboxylic acids is 1. The smallest absolute Gasteiger partial charge is 0.339 e. The van der Waals surface area contributed by atoms with E-state index in [0.29, 0.717) is 5.69 Å². The Bertz CT molecular complexity index is 591. The molecule has 1 atom stereocenters. The fraction of sp³-hybridized carbons (Fsp3) is 0.357. The Kier molecular flexibility index (Phi) is 6.18. The van der Waals surface area contributed by atoms with E-state index in [1.54, 1.807) is 0 Å². The highest BCUT2D eigenvalue weighted by atomic mass is 35.5. The number of carbonyl (C=O) groups is 3. The Morgan fingerprint density at radius 2 is 2.05 bits per heavy atom. The number of carboxylic acids is 1. The SMILES string of the molecule is COC(=O)c1ccc(NC(=O)N(C)CC(C)C(=O)O)cc1Cl. The number of halogens is 1. The molecule has 1 rings (SSSR count). The van der Waals surface area contributed by atoms with Crippen LogP contribution in [0.4, 0.5) is 10.5 Å². The van der Waals surface area contributed by atoms with Gasteiger partial charge in [0.1, 0.15) is 0 Å². The van der Waals surface area contributed by atoms with Gasteiger partial charge in [0.15, 0.2) is 0 Å². The highest BCUT2D eigenvalue weighted by Gasteiger charge is 2.18. The maximum Gasteiger partial charge on any atom is 0.339 e. The molecule has 2 amide bonds. The van der Waals surface area contributed by atoms with Crippen molar-refractivity contribution in [3.8, 4) is 0 Å². The van der Waals surface area contributed by atoms with Gasteiger partial charge in [-0.2, -0.15) is 0 Å². The van der Waals surface area contributed by atoms with Crippen molar-refractivity contribution in [2.75, 3.05) is 26.0 Å². The lowest BCUT2D eigenvalue weighted by Crippen LogP contribution is -2.36. The summed E-state index contributed by atoms with van der Waals surface area (Å²) >= 11 is 5.95. The minimum Gasteiger partial charge on any atom is -0.481 e. The first-order valence-electron chi connectivity index (χ1n) is 6.39. The number of urea groups is 1. The lowest BCUT2D eigenvalue weighted by Gasteiger charge is -2.20. The zero-order valence-electron chi connectivity index (χ0n) is 12.4. The zero-order valence-corrected chi connectivity index (χ0v) is 13.2. The summed E-state index contributed by atoms with van der Waals surface area (Å²) in [7, 11) is 2.73. The topological polar surface area (TPSA) is 95.9 Å². The van der Waals surface area contributed by atoms with Crippen LogP contribution in [0, 0.1) is 5.92 Å². The molecule has 0 saturated heterocycles. The maximum absolute atomic E-state index is 11.9. The first-order chi connectivity index (χ1) is 10.3. The summed E-state index contributed by atoms with van der Waals surface area (Å²) < 4.78 is 4.57. The molecule has 0 heterocycles. The van der Waals surface area contributed by atoms with E-state index < -0.39 is 23.9 Å². The molecule has 2 N–H and O–H groups in total. The molecule has 1 unspecified atom stereocenters. The highest BCUT2D eigenvalue weighted by molar-refractivity contribution is 6.33. The molecule has 8 heteroatoms. The number of esters is 1. The number of methoxy groups -OCH3 is 1. The van der Waals surface area contributed by atoms with Crippen LogP contribution in [-0.4, -0.2) is 48.7 Å². The minimum absolute atomic E-state index is 0.0646. The fourth-order valence-corrected chi connectivity index (χ4v) is 1.92. The molecule has 22 heavy (non-hydrogen) atoms. The molecule has 0 bridgehead atoms. The quantitative estimate of drug-likeness (QED) is 0.809. The van der Waals surface area contributed by atoms with Crippen molar-refractivity contribution >= 4 is 35.3 Å². The van der Waals surface area contributed by atoms with Crippen LogP contribution in [0.1, 0.15) is 17.3 Å². The molecule has 7 nitrogen and oxygen atoms in total. The predicted octanol–water partition coefficient (Wildman–Crippen LogP) is 2.31. The van der Waals surface area contributed by atoms with Crippen LogP contribution in [0.15, 0.2) is 18.2 Å². The summed E-state index contributed by atoms with van der Waals surface area (Å²) in [6, 6.07) is 3.88. The Labute approximate surface area is 132 Å². The van der Waals surface area contributed by atoms with Gasteiger partial charge in [0.2, 0.25) is 0 Å². The largest absolute Gasteiger partial charge is 0.481 e. The van der Waals surface area contributed by atoms with Crippen molar-refractivity contribution in [1.82, 2.24) is 4.90 Å². The van der Waals surface area contributed by atoms with Crippen molar-refractivity contribution in [3.63, 3.8) is 0 Å². The number of hydrogen-bond acceptors (Lipinski definition) is 4. The zero-order chi connectivity index (χ0) is 16.9. The van der Waals surface area contributed by atoms with Gasteiger partial charge in [0.05, 0.1) is 23.6 Å². The van der Waals surface area contributed by atoms with E-state index in [1.165, 1.54) is 44.2 Å². The Morgan fingerprint density at radius 3 is 2.55 bits per heavy atom. The third-order valence-electron chi connectivity index (χ3n) is 2.94. The third-order valence-corrected chi connectivity index (χ3v) is 3.25. The number of benzene rings is 1. The van der Waals surface area contributed by atoms with E-state index in [0.717, 1.165) is 0 Å². The Morgan fingerprint density at radius 1 is 1.41 bits per heavy atom. The number of carbonyl (C=O) groups excluding carboxylic acids is 2. The van der Waals surface area contributed by atoms with Crippen molar-refractivity contribution < 1.29 is 24.2 Å². The molecule has 0 aliphatic carbocycles. The number of rotatable bonds is 5. The van der Waals surface area contributed by atoms with Crippen LogP contribution in [0.3, 0.4) is 0 Å². The number of nitrogens with zero attached hydrogens (tertiary/aromatic N) is 1. The van der Waals surface area contributed by atoms with Crippen LogP contribution in [0.25, 0.3) is 0 Å². The second-order valence-electron chi connectivity index (χ2n) is 4.74. The summed E-state index contributed by atoms with van der Waals surface area (Å²) in [5, 5.41) is 11.5. The number of carboxylic acid groups (broad SMARTS) is 1. The maximum atomic E-state index is 11.9. The third kappa shape index (κ3) is 4.63. The second-order valence-corrected chi connectivity index (χ2v) is 5.14. The fourth-order valence-electron chi connectivity index (χ4n) is 1.66. The predicted molar refractivity (Wildman–Crippen MR) is 81.2 cm³/mol. The minimum atomic E-state index is -0.981. The van der Waals surface area contributed by atoms with Gasteiger partial charge in [-0.25, -0.2) is 9.59 Å². The number of nitrogens with one attached hydrogen (secondary N) is 1. The molecule has 0 aliphatic rings. The monoisotopic (exact) mass is 328 g/mol. The molecule has 1 aromatic rings. The summed E-state index contributed by atoms with van der Waals surface area (Å²) in [5.41, 5.74) is 0.576. The summed E-state index contributed by atoms with van der Waals surface area (Å²) in [6.45, 7) is 1.57. The summed E-state index contributed by atoms with van der Waals surface area (Å²) in [6.07, 6.45) is 0. The number of amides is 2. The van der Waals surface area contributed by atoms with Gasteiger partial charge < -0.3 is 20.1 Å². The average molecular weight is 329 g/mol. The van der Waals surface area contributed by atoms with E-state index in [4.69, 9.17) is 16.7 Å². The lowest BCUT2D eigenvalue weighted by atomic mass is 10.2. The molecule has 120 valence electrons. The van der Waals surface area contributed by atoms with Crippen molar-refractivity contribution in [2.24, 2.45) is 5.92 Å². The van der Waals surface area contributed by atoms with Gasteiger partial charge in [-0.05, 0) is 18.2 Å². The molecule has 0 spiro atoms. The van der Waals surface area contributed by atoms with Gasteiger partial charge in [-0.3, -0.25) is 4.79 Å². The van der Waals surface area contributed by atoms with Crippen LogP contribution in [0.5, 0.6) is 0 Å². The average Bonchev–Trinajstić information content (AvgIpc) is 2.46. The van der Waals surface area contributed by atoms with Gasteiger partial charge in [0, 0.05) is 19.3 Å². The molecular weight excluding hydrogens is 312 g/mol. The molecule has 0 aromatic heterocycles. The van der Waals surface area contributed by atoms with Crippen molar-refractivity contribution in [2.45, 2.75) is 6.92 Å². The van der Waals surface area contributed by atoms with E-state index in [2.05, 4.69) is 10.1 Å². The number of anilines is 1. The summed E-state index contributed by atoms with van der Waals surface area (Å²) in [4.78, 5) is 35.4. The Hall–Kier alpha value is -2.28. The second kappa shape index (κ2) is 7.65. The Balaban J connectivity index is 2.74. The van der Waals surface area contributed by atoms with Gasteiger partial charge >= 0.3 is 18.0 Å². The van der Waals surface area contributed by atoms with Crippen LogP contribution in [-0.2, 0) is 9.53 Å². The van der Waals surface area contributed by atoms with Gasteiger partial charge in [-0.15, -0.1) is 0 Å². The van der Waals surface area contributed by atoms with Gasteiger partial charge in [0.25, 0.3) is 0 Å². The van der Waals surface area contributed by atoms with Crippen molar-refractivity contribution in [3.05, 3.63) is 28.8 Å². The van der Waals surface area contributed by atoms with Crippen LogP contribution in [0.2, 0.25) is 5.02 Å². The molecule has 0 radical (unpaired) electrons. The molecular formula is C14H17ClN2O5. The molecule has 0 saturated carbocycles. The highest BCUT2D eigenvalue weighted by Crippen LogP contribution is 2.22. The normalized spacial score (nSPS) is 11.5. The van der Waals surface area contributed by atoms with E-state index in [-0.39, 0.29) is 17.1 Å². The first-order valence-corrected chi connectivity index (χ1v) is 6.76. The van der Waals surface area contributed by atoms with Crippen LogP contribution >= 0.6 is 11.6 Å². The van der Waals surface area contributed by atoms with E-state index in [9.17, 15) is 14.4 Å². The molecule has 0 aliphatic heterocycles. The number of ether oxygens (including phenoxy) is 1. The van der Waals surface area contributed by atoms with Crippen molar-refractivity contribution in [1.29, 1.82) is 0 Å². The molecule has 0 fully saturated rings. The number of hydrogen-bond donors (Lipinski definition) is 2. The van der Waals surface area contributed by atoms with Crippen LogP contribution < -0.4 is 5.32 Å².